The number of hydrogen-bond donors (Lipinski definition) is 1. The fourth-order valence-corrected chi connectivity index (χ4v) is 2.98. The Bertz CT molecular complexity index is 715. The summed E-state index contributed by atoms with van der Waals surface area (Å²) in [7, 11) is 0. The summed E-state index contributed by atoms with van der Waals surface area (Å²) in [6, 6.07) is 17.6. The number of carbonyl (C=O) groups is 1. The maximum absolute atomic E-state index is 12.0. The molecule has 2 aromatic carbocycles. The van der Waals surface area contributed by atoms with Crippen LogP contribution >= 0.6 is 0 Å². The lowest BCUT2D eigenvalue weighted by Crippen LogP contribution is -2.47. The molecule has 1 N–H and O–H groups in total. The Balaban J connectivity index is 1.35. The largest absolute Gasteiger partial charge is 0.489 e. The van der Waals surface area contributed by atoms with Crippen molar-refractivity contribution in [3.05, 3.63) is 60.2 Å². The minimum atomic E-state index is -0.121. The van der Waals surface area contributed by atoms with Gasteiger partial charge in [0.2, 0.25) is 0 Å². The molecule has 1 atom stereocenters. The number of nitrogens with zero attached hydrogens (tertiary/aromatic N) is 1. The molecule has 0 aliphatic carbocycles. The van der Waals surface area contributed by atoms with Crippen LogP contribution < -0.4 is 14.8 Å². The summed E-state index contributed by atoms with van der Waals surface area (Å²) >= 11 is 0. The van der Waals surface area contributed by atoms with Crippen molar-refractivity contribution in [2.75, 3.05) is 39.5 Å². The second kappa shape index (κ2) is 10.7. The van der Waals surface area contributed by atoms with Crippen LogP contribution in [-0.2, 0) is 16.1 Å². The summed E-state index contributed by atoms with van der Waals surface area (Å²) in [6.07, 6.45) is 0. The van der Waals surface area contributed by atoms with Gasteiger partial charge in [0.25, 0.3) is 5.91 Å². The van der Waals surface area contributed by atoms with Crippen molar-refractivity contribution in [3.8, 4) is 11.5 Å². The van der Waals surface area contributed by atoms with Gasteiger partial charge < -0.3 is 19.5 Å². The third-order valence-electron chi connectivity index (χ3n) is 4.71. The van der Waals surface area contributed by atoms with Gasteiger partial charge in [0.05, 0.1) is 13.2 Å². The Kier molecular flexibility index (Phi) is 7.70. The molecule has 6 nitrogen and oxygen atoms in total. The van der Waals surface area contributed by atoms with E-state index in [9.17, 15) is 4.79 Å². The van der Waals surface area contributed by atoms with Gasteiger partial charge in [-0.15, -0.1) is 0 Å². The van der Waals surface area contributed by atoms with Gasteiger partial charge in [-0.3, -0.25) is 9.69 Å². The van der Waals surface area contributed by atoms with E-state index in [1.807, 2.05) is 54.6 Å². The highest BCUT2D eigenvalue weighted by molar-refractivity contribution is 5.77. The average Bonchev–Trinajstić information content (AvgIpc) is 2.76. The molecule has 28 heavy (non-hydrogen) atoms. The van der Waals surface area contributed by atoms with Crippen LogP contribution in [0.3, 0.4) is 0 Å². The molecule has 1 saturated heterocycles. The van der Waals surface area contributed by atoms with Gasteiger partial charge in [-0.2, -0.15) is 0 Å². The molecule has 0 spiro atoms. The van der Waals surface area contributed by atoms with Gasteiger partial charge in [0.15, 0.2) is 6.61 Å². The maximum atomic E-state index is 12.0. The van der Waals surface area contributed by atoms with Gasteiger partial charge >= 0.3 is 0 Å². The highest BCUT2D eigenvalue weighted by atomic mass is 16.5. The van der Waals surface area contributed by atoms with E-state index in [4.69, 9.17) is 14.2 Å². The average molecular weight is 384 g/mol. The van der Waals surface area contributed by atoms with Crippen molar-refractivity contribution in [1.29, 1.82) is 0 Å². The molecule has 0 aromatic heterocycles. The Hall–Kier alpha value is -2.57. The predicted molar refractivity (Wildman–Crippen MR) is 108 cm³/mol. The fourth-order valence-electron chi connectivity index (χ4n) is 2.98. The number of morpholine rings is 1. The van der Waals surface area contributed by atoms with Crippen LogP contribution in [0.25, 0.3) is 0 Å². The molecule has 1 aliphatic heterocycles. The molecule has 0 radical (unpaired) electrons. The molecule has 1 heterocycles. The van der Waals surface area contributed by atoms with E-state index in [0.29, 0.717) is 18.9 Å². The summed E-state index contributed by atoms with van der Waals surface area (Å²) in [4.78, 5) is 14.3. The van der Waals surface area contributed by atoms with Crippen LogP contribution in [-0.4, -0.2) is 56.3 Å². The SMILES string of the molecule is CC(CNC(=O)COc1ccc(OCc2ccccc2)cc1)N1CCOCC1. The summed E-state index contributed by atoms with van der Waals surface area (Å²) in [5.41, 5.74) is 1.12. The maximum Gasteiger partial charge on any atom is 0.257 e. The second-order valence-corrected chi connectivity index (χ2v) is 6.84. The van der Waals surface area contributed by atoms with E-state index in [1.54, 1.807) is 0 Å². The molecule has 150 valence electrons. The molecule has 1 fully saturated rings. The molecule has 1 aliphatic rings. The first-order valence-electron chi connectivity index (χ1n) is 9.69. The predicted octanol–water partition coefficient (Wildman–Crippen LogP) is 2.48. The number of nitrogens with one attached hydrogen (secondary N) is 1. The zero-order chi connectivity index (χ0) is 19.6. The van der Waals surface area contributed by atoms with E-state index < -0.39 is 0 Å². The van der Waals surface area contributed by atoms with Gasteiger partial charge in [0.1, 0.15) is 18.1 Å². The lowest BCUT2D eigenvalue weighted by Gasteiger charge is -2.32. The number of ether oxygens (including phenoxy) is 3. The lowest BCUT2D eigenvalue weighted by molar-refractivity contribution is -0.123. The van der Waals surface area contributed by atoms with E-state index in [1.165, 1.54) is 0 Å². The van der Waals surface area contributed by atoms with Gasteiger partial charge in [0, 0.05) is 25.7 Å². The Morgan fingerprint density at radius 1 is 1.04 bits per heavy atom. The second-order valence-electron chi connectivity index (χ2n) is 6.84. The first-order valence-corrected chi connectivity index (χ1v) is 9.69. The van der Waals surface area contributed by atoms with Crippen molar-refractivity contribution in [2.24, 2.45) is 0 Å². The van der Waals surface area contributed by atoms with Crippen LogP contribution in [0.15, 0.2) is 54.6 Å². The topological polar surface area (TPSA) is 60.0 Å². The van der Waals surface area contributed by atoms with E-state index >= 15 is 0 Å². The van der Waals surface area contributed by atoms with Crippen LogP contribution in [0.1, 0.15) is 12.5 Å². The number of hydrogen-bond acceptors (Lipinski definition) is 5. The normalized spacial score (nSPS) is 15.6. The van der Waals surface area contributed by atoms with Gasteiger partial charge in [-0.1, -0.05) is 30.3 Å². The number of carbonyl (C=O) groups excluding carboxylic acids is 1. The molecule has 6 heteroatoms. The first-order chi connectivity index (χ1) is 13.7. The van der Waals surface area contributed by atoms with Crippen molar-refractivity contribution < 1.29 is 19.0 Å². The minimum absolute atomic E-state index is 0.0000499. The smallest absolute Gasteiger partial charge is 0.257 e. The quantitative estimate of drug-likeness (QED) is 0.720. The number of rotatable bonds is 9. The zero-order valence-electron chi connectivity index (χ0n) is 16.3. The van der Waals surface area contributed by atoms with Crippen LogP contribution in [0, 0.1) is 0 Å². The molecular formula is C22H28N2O4. The summed E-state index contributed by atoms with van der Waals surface area (Å²) in [5, 5.41) is 2.93. The summed E-state index contributed by atoms with van der Waals surface area (Å²) in [5.74, 6) is 1.29. The number of benzene rings is 2. The van der Waals surface area contributed by atoms with Crippen molar-refractivity contribution in [1.82, 2.24) is 10.2 Å². The number of amides is 1. The molecule has 1 amide bonds. The summed E-state index contributed by atoms with van der Waals surface area (Å²) < 4.78 is 16.7. The molecule has 0 bridgehead atoms. The van der Waals surface area contributed by atoms with E-state index in [0.717, 1.165) is 37.6 Å². The third kappa shape index (κ3) is 6.55. The first kappa shape index (κ1) is 20.2. The molecule has 1 unspecified atom stereocenters. The molecular weight excluding hydrogens is 356 g/mol. The van der Waals surface area contributed by atoms with Crippen molar-refractivity contribution in [3.63, 3.8) is 0 Å². The van der Waals surface area contributed by atoms with Gasteiger partial charge in [-0.25, -0.2) is 0 Å². The van der Waals surface area contributed by atoms with Gasteiger partial charge in [-0.05, 0) is 36.8 Å². The monoisotopic (exact) mass is 384 g/mol. The lowest BCUT2D eigenvalue weighted by atomic mass is 10.2. The zero-order valence-corrected chi connectivity index (χ0v) is 16.3. The minimum Gasteiger partial charge on any atom is -0.489 e. The Morgan fingerprint density at radius 3 is 2.36 bits per heavy atom. The van der Waals surface area contributed by atoms with Crippen LogP contribution in [0.4, 0.5) is 0 Å². The standard InChI is InChI=1S/C22H28N2O4/c1-18(24-11-13-26-14-12-24)15-23-22(25)17-28-21-9-7-20(8-10-21)27-16-19-5-3-2-4-6-19/h2-10,18H,11-17H2,1H3,(H,23,25). The molecule has 3 rings (SSSR count). The molecule has 0 saturated carbocycles. The third-order valence-corrected chi connectivity index (χ3v) is 4.71. The summed E-state index contributed by atoms with van der Waals surface area (Å²) in [6.45, 7) is 6.57. The van der Waals surface area contributed by atoms with Crippen LogP contribution in [0.5, 0.6) is 11.5 Å². The fraction of sp³-hybridized carbons (Fsp3) is 0.409. The highest BCUT2D eigenvalue weighted by Gasteiger charge is 2.17. The van der Waals surface area contributed by atoms with E-state index in [-0.39, 0.29) is 18.6 Å². The Labute approximate surface area is 166 Å². The van der Waals surface area contributed by atoms with Crippen LogP contribution in [0.2, 0.25) is 0 Å². The molecule has 2 aromatic rings. The van der Waals surface area contributed by atoms with Crippen molar-refractivity contribution in [2.45, 2.75) is 19.6 Å². The Morgan fingerprint density at radius 2 is 1.68 bits per heavy atom. The highest BCUT2D eigenvalue weighted by Crippen LogP contribution is 2.18. The van der Waals surface area contributed by atoms with Crippen molar-refractivity contribution >= 4 is 5.91 Å². The van der Waals surface area contributed by atoms with E-state index in [2.05, 4.69) is 17.1 Å².